The second-order valence-corrected chi connectivity index (χ2v) is 6.37. The third-order valence-electron chi connectivity index (χ3n) is 4.74. The number of aryl methyl sites for hydroxylation is 1. The molecule has 0 bridgehead atoms. The molecule has 1 aliphatic heterocycles. The highest BCUT2D eigenvalue weighted by atomic mass is 19.4. The van der Waals surface area contributed by atoms with E-state index in [9.17, 15) is 18.0 Å². The number of benzene rings is 1. The number of H-pyrrole nitrogens is 1. The van der Waals surface area contributed by atoms with Crippen molar-refractivity contribution >= 4 is 5.91 Å². The summed E-state index contributed by atoms with van der Waals surface area (Å²) in [7, 11) is 0. The molecular weight excluding hydrogens is 345 g/mol. The van der Waals surface area contributed by atoms with Gasteiger partial charge >= 0.3 is 6.18 Å². The number of aromatic nitrogens is 2. The van der Waals surface area contributed by atoms with Gasteiger partial charge in [-0.05, 0) is 31.2 Å². The summed E-state index contributed by atoms with van der Waals surface area (Å²) < 4.78 is 39.3. The van der Waals surface area contributed by atoms with Crippen LogP contribution >= 0.6 is 0 Å². The van der Waals surface area contributed by atoms with Gasteiger partial charge in [0.1, 0.15) is 0 Å². The van der Waals surface area contributed by atoms with Crippen LogP contribution in [0.5, 0.6) is 0 Å². The third-order valence-corrected chi connectivity index (χ3v) is 4.74. The number of amides is 1. The predicted octanol–water partition coefficient (Wildman–Crippen LogP) is 3.18. The van der Waals surface area contributed by atoms with Crippen molar-refractivity contribution in [3.05, 3.63) is 41.2 Å². The maximum absolute atomic E-state index is 13.1. The van der Waals surface area contributed by atoms with Crippen LogP contribution in [-0.2, 0) is 6.18 Å². The van der Waals surface area contributed by atoms with Crippen molar-refractivity contribution in [2.24, 2.45) is 0 Å². The summed E-state index contributed by atoms with van der Waals surface area (Å²) in [6.07, 6.45) is -4.53. The van der Waals surface area contributed by atoms with Gasteiger partial charge in [0.05, 0.1) is 0 Å². The molecule has 3 rings (SSSR count). The molecule has 1 fully saturated rings. The summed E-state index contributed by atoms with van der Waals surface area (Å²) in [4.78, 5) is 16.6. The second-order valence-electron chi connectivity index (χ2n) is 6.37. The lowest BCUT2D eigenvalue weighted by Crippen LogP contribution is -2.48. The molecule has 1 N–H and O–H groups in total. The molecule has 0 saturated carbocycles. The minimum atomic E-state index is -4.53. The molecule has 1 aromatic carbocycles. The molecule has 26 heavy (non-hydrogen) atoms. The lowest BCUT2D eigenvalue weighted by molar-refractivity contribution is -0.140. The lowest BCUT2D eigenvalue weighted by Gasteiger charge is -2.34. The summed E-state index contributed by atoms with van der Waals surface area (Å²) in [5.74, 6) is -0.0905. The third kappa shape index (κ3) is 3.60. The minimum Gasteiger partial charge on any atom is -0.336 e. The SMILES string of the molecule is CCN1CCN(C(=O)c2ccc(-c3c(C(F)(F)F)n[nH]c3C)cc2)CC1. The summed E-state index contributed by atoms with van der Waals surface area (Å²) in [5, 5.41) is 5.77. The number of nitrogens with zero attached hydrogens (tertiary/aromatic N) is 3. The maximum Gasteiger partial charge on any atom is 0.435 e. The first-order valence-electron chi connectivity index (χ1n) is 8.55. The Bertz CT molecular complexity index is 775. The Labute approximate surface area is 149 Å². The molecule has 140 valence electrons. The van der Waals surface area contributed by atoms with Gasteiger partial charge in [-0.25, -0.2) is 0 Å². The smallest absolute Gasteiger partial charge is 0.336 e. The molecule has 0 spiro atoms. The fraction of sp³-hybridized carbons (Fsp3) is 0.444. The van der Waals surface area contributed by atoms with Crippen LogP contribution in [0.3, 0.4) is 0 Å². The highest BCUT2D eigenvalue weighted by Crippen LogP contribution is 2.37. The summed E-state index contributed by atoms with van der Waals surface area (Å²) in [6, 6.07) is 6.25. The largest absolute Gasteiger partial charge is 0.435 e. The fourth-order valence-corrected chi connectivity index (χ4v) is 3.22. The molecule has 1 aliphatic rings. The molecule has 2 heterocycles. The van der Waals surface area contributed by atoms with Crippen molar-refractivity contribution in [3.8, 4) is 11.1 Å². The molecule has 1 amide bonds. The van der Waals surface area contributed by atoms with Gasteiger partial charge in [-0.3, -0.25) is 9.89 Å². The number of nitrogens with one attached hydrogen (secondary N) is 1. The average molecular weight is 366 g/mol. The number of aromatic amines is 1. The van der Waals surface area contributed by atoms with Gasteiger partial charge in [-0.15, -0.1) is 0 Å². The van der Waals surface area contributed by atoms with Gasteiger partial charge in [0.2, 0.25) is 0 Å². The number of likely N-dealkylation sites (N-methyl/N-ethyl adjacent to an activating group) is 1. The van der Waals surface area contributed by atoms with Crippen LogP contribution in [0.15, 0.2) is 24.3 Å². The number of carbonyl (C=O) groups is 1. The first kappa shape index (κ1) is 18.4. The van der Waals surface area contributed by atoms with E-state index in [2.05, 4.69) is 22.0 Å². The molecule has 5 nitrogen and oxygen atoms in total. The van der Waals surface area contributed by atoms with Crippen molar-refractivity contribution in [1.82, 2.24) is 20.0 Å². The van der Waals surface area contributed by atoms with Crippen LogP contribution in [-0.4, -0.2) is 58.6 Å². The van der Waals surface area contributed by atoms with Crippen LogP contribution < -0.4 is 0 Å². The lowest BCUT2D eigenvalue weighted by atomic mass is 10.0. The van der Waals surface area contributed by atoms with Gasteiger partial charge in [0, 0.05) is 43.0 Å². The van der Waals surface area contributed by atoms with Crippen molar-refractivity contribution in [3.63, 3.8) is 0 Å². The minimum absolute atomic E-state index is 0.0214. The van der Waals surface area contributed by atoms with Crippen LogP contribution in [0.4, 0.5) is 13.2 Å². The van der Waals surface area contributed by atoms with E-state index in [0.29, 0.717) is 29.9 Å². The van der Waals surface area contributed by atoms with Crippen LogP contribution in [0.25, 0.3) is 11.1 Å². The van der Waals surface area contributed by atoms with E-state index in [4.69, 9.17) is 0 Å². The zero-order valence-corrected chi connectivity index (χ0v) is 14.7. The molecule has 8 heteroatoms. The van der Waals surface area contributed by atoms with E-state index in [0.717, 1.165) is 19.6 Å². The van der Waals surface area contributed by atoms with E-state index in [1.54, 1.807) is 36.1 Å². The van der Waals surface area contributed by atoms with Gasteiger partial charge in [-0.1, -0.05) is 19.1 Å². The Morgan fingerprint density at radius 2 is 1.77 bits per heavy atom. The van der Waals surface area contributed by atoms with Crippen LogP contribution in [0.1, 0.15) is 28.7 Å². The monoisotopic (exact) mass is 366 g/mol. The number of rotatable bonds is 3. The van der Waals surface area contributed by atoms with Gasteiger partial charge < -0.3 is 9.80 Å². The average Bonchev–Trinajstić information content (AvgIpc) is 3.03. The topological polar surface area (TPSA) is 52.2 Å². The number of hydrogen-bond donors (Lipinski definition) is 1. The van der Waals surface area contributed by atoms with Crippen molar-refractivity contribution in [2.45, 2.75) is 20.0 Å². The quantitative estimate of drug-likeness (QED) is 0.908. The van der Waals surface area contributed by atoms with E-state index in [1.807, 2.05) is 0 Å². The van der Waals surface area contributed by atoms with Crippen molar-refractivity contribution in [2.75, 3.05) is 32.7 Å². The Kier molecular flexibility index (Phi) is 5.04. The molecule has 0 aliphatic carbocycles. The number of carbonyl (C=O) groups excluding carboxylic acids is 1. The van der Waals surface area contributed by atoms with Crippen LogP contribution in [0, 0.1) is 6.92 Å². The Balaban J connectivity index is 1.80. The van der Waals surface area contributed by atoms with Gasteiger partial charge in [0.15, 0.2) is 5.69 Å². The number of halogens is 3. The molecule has 0 unspecified atom stereocenters. The van der Waals surface area contributed by atoms with Crippen molar-refractivity contribution in [1.29, 1.82) is 0 Å². The molecular formula is C18H21F3N4O. The van der Waals surface area contributed by atoms with Crippen LogP contribution in [0.2, 0.25) is 0 Å². The summed E-state index contributed by atoms with van der Waals surface area (Å²) in [5.41, 5.74) is 0.286. The first-order valence-corrected chi connectivity index (χ1v) is 8.55. The fourth-order valence-electron chi connectivity index (χ4n) is 3.22. The maximum atomic E-state index is 13.1. The van der Waals surface area contributed by atoms with E-state index >= 15 is 0 Å². The number of alkyl halides is 3. The second kappa shape index (κ2) is 7.11. The van der Waals surface area contributed by atoms with Gasteiger partial charge in [0.25, 0.3) is 5.91 Å². The predicted molar refractivity (Wildman–Crippen MR) is 91.8 cm³/mol. The molecule has 1 saturated heterocycles. The summed E-state index contributed by atoms with van der Waals surface area (Å²) in [6.45, 7) is 7.59. The number of hydrogen-bond acceptors (Lipinski definition) is 3. The number of piperazine rings is 1. The highest BCUT2D eigenvalue weighted by molar-refractivity contribution is 5.94. The molecule has 1 aromatic heterocycles. The van der Waals surface area contributed by atoms with Gasteiger partial charge in [-0.2, -0.15) is 18.3 Å². The standard InChI is InChI=1S/C18H21F3N4O/c1-3-24-8-10-25(11-9-24)17(26)14-6-4-13(5-7-14)15-12(2)22-23-16(15)18(19,20)21/h4-7H,3,8-11H2,1-2H3,(H,22,23). The molecule has 0 atom stereocenters. The van der Waals surface area contributed by atoms with E-state index < -0.39 is 11.9 Å². The normalized spacial score (nSPS) is 16.1. The summed E-state index contributed by atoms with van der Waals surface area (Å²) >= 11 is 0. The Morgan fingerprint density at radius 3 is 2.31 bits per heavy atom. The molecule has 2 aromatic rings. The Hall–Kier alpha value is -2.35. The Morgan fingerprint density at radius 1 is 1.15 bits per heavy atom. The van der Waals surface area contributed by atoms with E-state index in [1.165, 1.54) is 0 Å². The first-order chi connectivity index (χ1) is 12.3. The zero-order valence-electron chi connectivity index (χ0n) is 14.7. The highest BCUT2D eigenvalue weighted by Gasteiger charge is 2.37. The molecule has 0 radical (unpaired) electrons. The van der Waals surface area contributed by atoms with Crippen molar-refractivity contribution < 1.29 is 18.0 Å². The van der Waals surface area contributed by atoms with E-state index in [-0.39, 0.29) is 11.5 Å². The zero-order chi connectivity index (χ0) is 18.9.